The highest BCUT2D eigenvalue weighted by atomic mass is 79.9. The normalized spacial score (nSPS) is 11.3. The van der Waals surface area contributed by atoms with Crippen molar-refractivity contribution in [2.75, 3.05) is 6.26 Å². The van der Waals surface area contributed by atoms with Gasteiger partial charge in [0.2, 0.25) is 0 Å². The third-order valence-corrected chi connectivity index (χ3v) is 4.56. The largest absolute Gasteiger partial charge is 0.457 e. The number of carbonyl (C=O) groups is 1. The zero-order valence-electron chi connectivity index (χ0n) is 12.3. The molecule has 2 aromatic carbocycles. The van der Waals surface area contributed by atoms with E-state index in [9.17, 15) is 17.6 Å². The van der Waals surface area contributed by atoms with E-state index in [0.717, 1.165) is 6.26 Å². The van der Waals surface area contributed by atoms with Gasteiger partial charge in [-0.15, -0.1) is 0 Å². The number of benzene rings is 2. The fraction of sp³-hybridized carbons (Fsp3) is 0.188. The van der Waals surface area contributed by atoms with Crippen molar-refractivity contribution in [3.8, 4) is 0 Å². The van der Waals surface area contributed by atoms with Crippen LogP contribution in [0.15, 0.2) is 46.9 Å². The van der Waals surface area contributed by atoms with E-state index in [-0.39, 0.29) is 23.7 Å². The second-order valence-corrected chi connectivity index (χ2v) is 8.08. The molecule has 23 heavy (non-hydrogen) atoms. The molecule has 122 valence electrons. The van der Waals surface area contributed by atoms with Gasteiger partial charge < -0.3 is 4.74 Å². The molecule has 0 fully saturated rings. The highest BCUT2D eigenvalue weighted by molar-refractivity contribution is 9.10. The Labute approximate surface area is 142 Å². The molecule has 0 aromatic heterocycles. The number of hydrogen-bond acceptors (Lipinski definition) is 4. The van der Waals surface area contributed by atoms with Crippen LogP contribution in [0, 0.1) is 5.82 Å². The molecular formula is C16H14BrFO4S. The van der Waals surface area contributed by atoms with Crippen molar-refractivity contribution in [1.82, 2.24) is 0 Å². The van der Waals surface area contributed by atoms with Crippen LogP contribution in [0.2, 0.25) is 0 Å². The van der Waals surface area contributed by atoms with Gasteiger partial charge >= 0.3 is 5.97 Å². The van der Waals surface area contributed by atoms with Crippen molar-refractivity contribution in [2.24, 2.45) is 0 Å². The number of carbonyl (C=O) groups excluding carboxylic acids is 1. The molecule has 0 saturated heterocycles. The zero-order chi connectivity index (χ0) is 17.0. The highest BCUT2D eigenvalue weighted by Crippen LogP contribution is 2.19. The molecule has 0 aliphatic carbocycles. The first-order valence-corrected chi connectivity index (χ1v) is 9.48. The second kappa shape index (κ2) is 7.23. The minimum Gasteiger partial charge on any atom is -0.457 e. The Balaban J connectivity index is 2.07. The van der Waals surface area contributed by atoms with Gasteiger partial charge in [-0.1, -0.05) is 34.1 Å². The fourth-order valence-corrected chi connectivity index (χ4v) is 3.21. The van der Waals surface area contributed by atoms with Gasteiger partial charge in [0, 0.05) is 16.3 Å². The van der Waals surface area contributed by atoms with E-state index in [4.69, 9.17) is 4.74 Å². The first kappa shape index (κ1) is 17.6. The van der Waals surface area contributed by atoms with Crippen LogP contribution in [0.4, 0.5) is 4.39 Å². The molecule has 0 saturated carbocycles. The molecule has 7 heteroatoms. The number of esters is 1. The molecule has 4 nitrogen and oxygen atoms in total. The fourth-order valence-electron chi connectivity index (χ4n) is 1.96. The summed E-state index contributed by atoms with van der Waals surface area (Å²) >= 11 is 3.20. The molecular weight excluding hydrogens is 387 g/mol. The highest BCUT2D eigenvalue weighted by Gasteiger charge is 2.11. The molecule has 0 aliphatic heterocycles. The SMILES string of the molecule is CS(=O)(=O)Cc1cccc(C(=O)OCc2ccc(F)cc2Br)c1. The maximum atomic E-state index is 13.0. The molecule has 0 bridgehead atoms. The Kier molecular flexibility index (Phi) is 5.54. The quantitative estimate of drug-likeness (QED) is 0.720. The number of halogens is 2. The summed E-state index contributed by atoms with van der Waals surface area (Å²) in [6.45, 7) is -0.0179. The summed E-state index contributed by atoms with van der Waals surface area (Å²) in [4.78, 5) is 12.1. The van der Waals surface area contributed by atoms with Crippen molar-refractivity contribution in [3.05, 3.63) is 69.4 Å². The van der Waals surface area contributed by atoms with E-state index in [1.165, 1.54) is 24.3 Å². The zero-order valence-corrected chi connectivity index (χ0v) is 14.7. The van der Waals surface area contributed by atoms with Crippen LogP contribution in [0.5, 0.6) is 0 Å². The summed E-state index contributed by atoms with van der Waals surface area (Å²) in [6, 6.07) is 10.4. The van der Waals surface area contributed by atoms with Crippen LogP contribution >= 0.6 is 15.9 Å². The summed E-state index contributed by atoms with van der Waals surface area (Å²) in [7, 11) is -3.18. The van der Waals surface area contributed by atoms with Crippen LogP contribution in [-0.4, -0.2) is 20.6 Å². The Hall–Kier alpha value is -1.73. The van der Waals surface area contributed by atoms with Crippen molar-refractivity contribution in [3.63, 3.8) is 0 Å². The maximum absolute atomic E-state index is 13.0. The van der Waals surface area contributed by atoms with Crippen LogP contribution in [0.25, 0.3) is 0 Å². The van der Waals surface area contributed by atoms with Gasteiger partial charge in [0.25, 0.3) is 0 Å². The molecule has 0 heterocycles. The first-order valence-electron chi connectivity index (χ1n) is 6.62. The molecule has 0 amide bonds. The van der Waals surface area contributed by atoms with E-state index >= 15 is 0 Å². The third-order valence-electron chi connectivity index (χ3n) is 2.97. The summed E-state index contributed by atoms with van der Waals surface area (Å²) in [5, 5.41) is 0. The van der Waals surface area contributed by atoms with E-state index < -0.39 is 15.8 Å². The summed E-state index contributed by atoms with van der Waals surface area (Å²) < 4.78 is 41.3. The molecule has 2 aromatic rings. The van der Waals surface area contributed by atoms with Crippen molar-refractivity contribution < 1.29 is 22.3 Å². The van der Waals surface area contributed by atoms with E-state index in [2.05, 4.69) is 15.9 Å². The van der Waals surface area contributed by atoms with Gasteiger partial charge in [0.05, 0.1) is 11.3 Å². The van der Waals surface area contributed by atoms with Gasteiger partial charge in [0.1, 0.15) is 12.4 Å². The minimum absolute atomic E-state index is 0.0179. The van der Waals surface area contributed by atoms with Gasteiger partial charge in [-0.25, -0.2) is 17.6 Å². The van der Waals surface area contributed by atoms with Crippen LogP contribution in [0.3, 0.4) is 0 Å². The van der Waals surface area contributed by atoms with Crippen molar-refractivity contribution in [1.29, 1.82) is 0 Å². The second-order valence-electron chi connectivity index (χ2n) is 5.08. The van der Waals surface area contributed by atoms with Crippen molar-refractivity contribution in [2.45, 2.75) is 12.4 Å². The van der Waals surface area contributed by atoms with Gasteiger partial charge in [-0.2, -0.15) is 0 Å². The summed E-state index contributed by atoms with van der Waals surface area (Å²) in [5.41, 5.74) is 1.42. The average Bonchev–Trinajstić information content (AvgIpc) is 2.44. The predicted octanol–water partition coefficient (Wildman–Crippen LogP) is 3.49. The Bertz CT molecular complexity index is 834. The Morgan fingerprint density at radius 1 is 1.22 bits per heavy atom. The van der Waals surface area contributed by atoms with Gasteiger partial charge in [0.15, 0.2) is 9.84 Å². The smallest absolute Gasteiger partial charge is 0.338 e. The lowest BCUT2D eigenvalue weighted by atomic mass is 10.1. The van der Waals surface area contributed by atoms with Crippen LogP contribution < -0.4 is 0 Å². The molecule has 0 unspecified atom stereocenters. The van der Waals surface area contributed by atoms with Gasteiger partial charge in [-0.3, -0.25) is 0 Å². The lowest BCUT2D eigenvalue weighted by Crippen LogP contribution is -2.07. The molecule has 2 rings (SSSR count). The standard InChI is InChI=1S/C16H14BrFO4S/c1-23(20,21)10-11-3-2-4-12(7-11)16(19)22-9-13-5-6-14(18)8-15(13)17/h2-8H,9-10H2,1H3. The average molecular weight is 401 g/mol. The Morgan fingerprint density at radius 2 is 1.96 bits per heavy atom. The third kappa shape index (κ3) is 5.44. The number of rotatable bonds is 5. The van der Waals surface area contributed by atoms with E-state index in [1.54, 1.807) is 18.2 Å². The predicted molar refractivity (Wildman–Crippen MR) is 88.2 cm³/mol. The molecule has 0 N–H and O–H groups in total. The summed E-state index contributed by atoms with van der Waals surface area (Å²) in [6.07, 6.45) is 1.13. The van der Waals surface area contributed by atoms with Crippen LogP contribution in [-0.2, 0) is 26.9 Å². The topological polar surface area (TPSA) is 60.4 Å². The number of hydrogen-bond donors (Lipinski definition) is 0. The first-order chi connectivity index (χ1) is 10.7. The van der Waals surface area contributed by atoms with Crippen LogP contribution in [0.1, 0.15) is 21.5 Å². The maximum Gasteiger partial charge on any atom is 0.338 e. The lowest BCUT2D eigenvalue weighted by molar-refractivity contribution is 0.0472. The molecule has 0 radical (unpaired) electrons. The molecule has 0 aliphatic rings. The van der Waals surface area contributed by atoms with E-state index in [1.807, 2.05) is 0 Å². The number of ether oxygens (including phenoxy) is 1. The Morgan fingerprint density at radius 3 is 2.61 bits per heavy atom. The summed E-state index contributed by atoms with van der Waals surface area (Å²) in [5.74, 6) is -1.10. The van der Waals surface area contributed by atoms with E-state index in [0.29, 0.717) is 15.6 Å². The minimum atomic E-state index is -3.18. The lowest BCUT2D eigenvalue weighted by Gasteiger charge is -2.08. The van der Waals surface area contributed by atoms with Crippen molar-refractivity contribution >= 4 is 31.7 Å². The number of sulfone groups is 1. The molecule has 0 atom stereocenters. The van der Waals surface area contributed by atoms with Gasteiger partial charge in [-0.05, 0) is 29.8 Å². The molecule has 0 spiro atoms. The monoisotopic (exact) mass is 400 g/mol.